The van der Waals surface area contributed by atoms with Gasteiger partial charge in [0.15, 0.2) is 0 Å². The number of ether oxygens (including phenoxy) is 2. The van der Waals surface area contributed by atoms with Crippen molar-refractivity contribution in [2.24, 2.45) is 17.3 Å². The maximum absolute atomic E-state index is 12.1. The van der Waals surface area contributed by atoms with E-state index in [1.54, 1.807) is 62.4 Å². The fourth-order valence-corrected chi connectivity index (χ4v) is 6.33. The summed E-state index contributed by atoms with van der Waals surface area (Å²) in [6, 6.07) is 13.7. The Bertz CT molecular complexity index is 1190. The fourth-order valence-electron chi connectivity index (χ4n) is 6.33. The van der Waals surface area contributed by atoms with E-state index in [0.717, 1.165) is 25.7 Å². The lowest BCUT2D eigenvalue weighted by molar-refractivity contribution is -0.209. The van der Waals surface area contributed by atoms with Crippen molar-refractivity contribution in [3.05, 3.63) is 70.8 Å². The van der Waals surface area contributed by atoms with E-state index in [1.807, 2.05) is 0 Å². The third kappa shape index (κ3) is 8.49. The van der Waals surface area contributed by atoms with Gasteiger partial charge < -0.3 is 9.47 Å². The molecule has 10 nitrogen and oxygen atoms in total. The van der Waals surface area contributed by atoms with E-state index in [-0.39, 0.29) is 17.6 Å². The van der Waals surface area contributed by atoms with Crippen LogP contribution in [0.25, 0.3) is 0 Å². The van der Waals surface area contributed by atoms with Gasteiger partial charge in [0.25, 0.3) is 0 Å². The van der Waals surface area contributed by atoms with Gasteiger partial charge >= 0.3 is 24.2 Å². The standard InChI is InChI=1S/C33H40O10/c1-21-9-5-7-11-27(21)29(34)40-42-31(36)38-25-17-13-23(14-18-25)33(3,4)24-15-19-26(20-16-24)39-32(37)43-41-30(35)28-12-8-6-10-22(28)2/h5-12,23-26H,13-20H2,1-4H3. The minimum absolute atomic E-state index is 0.0447. The van der Waals surface area contributed by atoms with E-state index in [1.165, 1.54) is 0 Å². The molecule has 0 amide bonds. The average molecular weight is 597 g/mol. The average Bonchev–Trinajstić information content (AvgIpc) is 2.99. The van der Waals surface area contributed by atoms with Crippen molar-refractivity contribution in [3.8, 4) is 0 Å². The molecule has 0 saturated heterocycles. The number of benzene rings is 2. The first kappa shape index (κ1) is 31.8. The zero-order valence-corrected chi connectivity index (χ0v) is 25.2. The third-order valence-corrected chi connectivity index (χ3v) is 9.08. The first-order valence-electron chi connectivity index (χ1n) is 14.8. The lowest BCUT2D eigenvalue weighted by atomic mass is 9.60. The first-order valence-corrected chi connectivity index (χ1v) is 14.8. The van der Waals surface area contributed by atoms with Crippen LogP contribution in [0.2, 0.25) is 0 Å². The van der Waals surface area contributed by atoms with Gasteiger partial charge in [0.2, 0.25) is 0 Å². The number of carbonyl (C=O) groups is 4. The second-order valence-electron chi connectivity index (χ2n) is 12.0. The van der Waals surface area contributed by atoms with Gasteiger partial charge in [-0.1, -0.05) is 50.2 Å². The number of carbonyl (C=O) groups excluding carboxylic acids is 4. The Morgan fingerprint density at radius 2 is 0.907 bits per heavy atom. The third-order valence-electron chi connectivity index (χ3n) is 9.08. The molecule has 2 aromatic carbocycles. The summed E-state index contributed by atoms with van der Waals surface area (Å²) in [5.41, 5.74) is 2.11. The predicted molar refractivity (Wildman–Crippen MR) is 154 cm³/mol. The summed E-state index contributed by atoms with van der Waals surface area (Å²) >= 11 is 0. The zero-order chi connectivity index (χ0) is 31.0. The molecular formula is C33H40O10. The van der Waals surface area contributed by atoms with Gasteiger partial charge in [-0.15, -0.1) is 0 Å². The SMILES string of the molecule is Cc1ccccc1C(=O)OOC(=O)OC1CCC(C(C)(C)C2CCC(OC(=O)OOC(=O)c3ccccc3C)CC2)CC1. The van der Waals surface area contributed by atoms with Gasteiger partial charge in [0.05, 0.1) is 11.1 Å². The van der Waals surface area contributed by atoms with Gasteiger partial charge in [-0.05, 0) is 106 Å². The van der Waals surface area contributed by atoms with E-state index < -0.39 is 24.2 Å². The summed E-state index contributed by atoms with van der Waals surface area (Å²) in [5, 5.41) is 0. The monoisotopic (exact) mass is 596 g/mol. The van der Waals surface area contributed by atoms with Crippen molar-refractivity contribution in [2.45, 2.75) is 91.3 Å². The van der Waals surface area contributed by atoms with Crippen LogP contribution < -0.4 is 0 Å². The molecule has 2 fully saturated rings. The number of hydrogen-bond acceptors (Lipinski definition) is 10. The quantitative estimate of drug-likeness (QED) is 0.187. The summed E-state index contributed by atoms with van der Waals surface area (Å²) in [6.45, 7) is 8.09. The summed E-state index contributed by atoms with van der Waals surface area (Å²) < 4.78 is 10.8. The van der Waals surface area contributed by atoms with Crippen molar-refractivity contribution in [3.63, 3.8) is 0 Å². The van der Waals surface area contributed by atoms with Crippen LogP contribution in [-0.4, -0.2) is 36.5 Å². The lowest BCUT2D eigenvalue weighted by Gasteiger charge is -2.46. The molecule has 2 saturated carbocycles. The van der Waals surface area contributed by atoms with Crippen LogP contribution in [-0.2, 0) is 29.0 Å². The normalized spacial score (nSPS) is 22.0. The molecule has 2 aromatic rings. The summed E-state index contributed by atoms with van der Waals surface area (Å²) in [4.78, 5) is 67.1. The van der Waals surface area contributed by atoms with Gasteiger partial charge in [0, 0.05) is 0 Å². The second kappa shape index (κ2) is 14.4. The molecule has 0 bridgehead atoms. The number of hydrogen-bond donors (Lipinski definition) is 0. The van der Waals surface area contributed by atoms with Crippen molar-refractivity contribution in [2.75, 3.05) is 0 Å². The Morgan fingerprint density at radius 3 is 1.26 bits per heavy atom. The fraction of sp³-hybridized carbons (Fsp3) is 0.515. The molecule has 10 heteroatoms. The minimum atomic E-state index is -1.02. The highest BCUT2D eigenvalue weighted by atomic mass is 17.2. The topological polar surface area (TPSA) is 124 Å². The van der Waals surface area contributed by atoms with E-state index >= 15 is 0 Å². The van der Waals surface area contributed by atoms with Gasteiger partial charge in [-0.2, -0.15) is 9.59 Å². The Balaban J connectivity index is 1.14. The summed E-state index contributed by atoms with van der Waals surface area (Å²) in [5.74, 6) is -0.621. The summed E-state index contributed by atoms with van der Waals surface area (Å²) in [7, 11) is 0. The largest absolute Gasteiger partial charge is 0.550 e. The molecule has 232 valence electrons. The van der Waals surface area contributed by atoms with Crippen molar-refractivity contribution < 1.29 is 48.2 Å². The molecule has 0 heterocycles. The van der Waals surface area contributed by atoms with Crippen molar-refractivity contribution in [1.29, 1.82) is 0 Å². The highest BCUT2D eigenvalue weighted by molar-refractivity contribution is 5.91. The van der Waals surface area contributed by atoms with E-state index in [2.05, 4.69) is 33.4 Å². The molecule has 0 spiro atoms. The lowest BCUT2D eigenvalue weighted by Crippen LogP contribution is -2.39. The Labute approximate surface area is 251 Å². The van der Waals surface area contributed by atoms with Crippen LogP contribution >= 0.6 is 0 Å². The van der Waals surface area contributed by atoms with Gasteiger partial charge in [-0.3, -0.25) is 0 Å². The van der Waals surface area contributed by atoms with Crippen LogP contribution in [0.5, 0.6) is 0 Å². The minimum Gasteiger partial charge on any atom is -0.428 e. The molecular weight excluding hydrogens is 556 g/mol. The molecule has 2 aliphatic carbocycles. The molecule has 0 radical (unpaired) electrons. The van der Waals surface area contributed by atoms with Crippen LogP contribution in [0.15, 0.2) is 48.5 Å². The predicted octanol–water partition coefficient (Wildman–Crippen LogP) is 7.60. The van der Waals surface area contributed by atoms with Crippen molar-refractivity contribution >= 4 is 24.2 Å². The van der Waals surface area contributed by atoms with Gasteiger partial charge in [-0.25, -0.2) is 29.1 Å². The van der Waals surface area contributed by atoms with Gasteiger partial charge in [0.1, 0.15) is 12.2 Å². The van der Waals surface area contributed by atoms with Crippen molar-refractivity contribution in [1.82, 2.24) is 0 Å². The zero-order valence-electron chi connectivity index (χ0n) is 25.2. The Morgan fingerprint density at radius 1 is 0.558 bits per heavy atom. The highest BCUT2D eigenvalue weighted by Crippen LogP contribution is 2.49. The summed E-state index contributed by atoms with van der Waals surface area (Å²) in [6.07, 6.45) is 3.70. The highest BCUT2D eigenvalue weighted by Gasteiger charge is 2.41. The maximum atomic E-state index is 12.1. The maximum Gasteiger partial charge on any atom is 0.550 e. The van der Waals surface area contributed by atoms with Crippen LogP contribution in [0.4, 0.5) is 9.59 Å². The molecule has 0 unspecified atom stereocenters. The Kier molecular flexibility index (Phi) is 10.7. The van der Waals surface area contributed by atoms with Crippen LogP contribution in [0, 0.1) is 31.1 Å². The molecule has 0 aromatic heterocycles. The molecule has 2 aliphatic rings. The van der Waals surface area contributed by atoms with Crippen LogP contribution in [0.1, 0.15) is 97.1 Å². The van der Waals surface area contributed by atoms with Crippen LogP contribution in [0.3, 0.4) is 0 Å². The number of rotatable bonds is 6. The molecule has 0 aliphatic heterocycles. The van der Waals surface area contributed by atoms with E-state index in [4.69, 9.17) is 9.47 Å². The van der Waals surface area contributed by atoms with E-state index in [0.29, 0.717) is 59.8 Å². The van der Waals surface area contributed by atoms with E-state index in [9.17, 15) is 19.2 Å². The number of aryl methyl sites for hydroxylation is 2. The first-order chi connectivity index (χ1) is 20.5. The smallest absolute Gasteiger partial charge is 0.428 e. The molecule has 4 rings (SSSR count). The molecule has 0 N–H and O–H groups in total. The molecule has 0 atom stereocenters. The second-order valence-corrected chi connectivity index (χ2v) is 12.0. The molecule has 43 heavy (non-hydrogen) atoms. The Hall–Kier alpha value is -4.08.